The van der Waals surface area contributed by atoms with Crippen LogP contribution in [0, 0.1) is 22.7 Å². The minimum absolute atomic E-state index is 0.0777. The molecule has 0 spiro atoms. The third-order valence-corrected chi connectivity index (χ3v) is 3.80. The van der Waals surface area contributed by atoms with Gasteiger partial charge in [-0.2, -0.15) is 10.5 Å². The maximum Gasteiger partial charge on any atom is 0.244 e. The molecule has 0 radical (unpaired) electrons. The van der Waals surface area contributed by atoms with Crippen LogP contribution in [0.25, 0.3) is 0 Å². The smallest absolute Gasteiger partial charge is 0.244 e. The lowest BCUT2D eigenvalue weighted by atomic mass is 9.93. The van der Waals surface area contributed by atoms with Gasteiger partial charge in [-0.3, -0.25) is 4.79 Å². The highest BCUT2D eigenvalue weighted by Crippen LogP contribution is 2.25. The van der Waals surface area contributed by atoms with Gasteiger partial charge in [0.1, 0.15) is 12.1 Å². The van der Waals surface area contributed by atoms with Crippen LogP contribution in [0.15, 0.2) is 18.2 Å². The van der Waals surface area contributed by atoms with Crippen molar-refractivity contribution in [2.75, 3.05) is 11.9 Å². The summed E-state index contributed by atoms with van der Waals surface area (Å²) in [4.78, 5) is 12.4. The van der Waals surface area contributed by atoms with Crippen molar-refractivity contribution in [2.45, 2.75) is 31.7 Å². The van der Waals surface area contributed by atoms with E-state index in [-0.39, 0.29) is 11.5 Å². The minimum Gasteiger partial charge on any atom is -0.324 e. The van der Waals surface area contributed by atoms with Gasteiger partial charge in [0.05, 0.1) is 16.7 Å². The molecule has 102 valence electrons. The molecule has 2 rings (SSSR count). The number of carbonyl (C=O) groups excluding carboxylic acids is 1. The van der Waals surface area contributed by atoms with Gasteiger partial charge in [0.15, 0.2) is 0 Å². The first-order chi connectivity index (χ1) is 9.65. The lowest BCUT2D eigenvalue weighted by molar-refractivity contribution is -0.122. The van der Waals surface area contributed by atoms with Gasteiger partial charge < -0.3 is 10.6 Å². The van der Waals surface area contributed by atoms with Crippen molar-refractivity contribution in [3.05, 3.63) is 29.3 Å². The molecule has 0 saturated carbocycles. The third kappa shape index (κ3) is 2.49. The quantitative estimate of drug-likeness (QED) is 0.876. The van der Waals surface area contributed by atoms with E-state index in [1.807, 2.05) is 19.1 Å². The molecule has 0 aromatic heterocycles. The van der Waals surface area contributed by atoms with E-state index in [0.717, 1.165) is 25.8 Å². The molecule has 20 heavy (non-hydrogen) atoms. The van der Waals surface area contributed by atoms with E-state index in [0.29, 0.717) is 11.3 Å². The van der Waals surface area contributed by atoms with Gasteiger partial charge in [0, 0.05) is 5.69 Å². The molecule has 1 amide bonds. The Morgan fingerprint density at radius 1 is 1.40 bits per heavy atom. The Kier molecular flexibility index (Phi) is 4.02. The summed E-state index contributed by atoms with van der Waals surface area (Å²) in [6, 6.07) is 8.65. The van der Waals surface area contributed by atoms with E-state index in [1.54, 1.807) is 12.1 Å². The second-order valence-electron chi connectivity index (χ2n) is 4.90. The number of hydrogen-bond donors (Lipinski definition) is 2. The fraction of sp³-hybridized carbons (Fsp3) is 0.400. The molecule has 1 heterocycles. The zero-order valence-corrected chi connectivity index (χ0v) is 11.4. The molecule has 1 atom stereocenters. The zero-order valence-electron chi connectivity index (χ0n) is 11.4. The second-order valence-corrected chi connectivity index (χ2v) is 4.90. The van der Waals surface area contributed by atoms with Crippen LogP contribution in [0.4, 0.5) is 5.69 Å². The lowest BCUT2D eigenvalue weighted by Crippen LogP contribution is -2.50. The highest BCUT2D eigenvalue weighted by Gasteiger charge is 2.39. The molecule has 1 aromatic carbocycles. The van der Waals surface area contributed by atoms with Crippen LogP contribution in [0.5, 0.6) is 0 Å². The van der Waals surface area contributed by atoms with E-state index < -0.39 is 5.54 Å². The second kappa shape index (κ2) is 5.73. The molecule has 0 bridgehead atoms. The lowest BCUT2D eigenvalue weighted by Gasteiger charge is -2.26. The molecule has 1 aromatic rings. The monoisotopic (exact) mass is 268 g/mol. The predicted octanol–water partition coefficient (Wildman–Crippen LogP) is 1.90. The van der Waals surface area contributed by atoms with Crippen molar-refractivity contribution in [1.82, 2.24) is 5.32 Å². The number of amides is 1. The van der Waals surface area contributed by atoms with E-state index in [2.05, 4.69) is 10.6 Å². The van der Waals surface area contributed by atoms with Crippen molar-refractivity contribution in [1.29, 1.82) is 10.5 Å². The standard InChI is InChI=1S/C15H16N4O/c1-2-15(6-3-7-18-15)14(20)19-13-5-4-11(9-16)12(8-13)10-17/h4-5,8,18H,2-3,6-7H2,1H3,(H,19,20). The summed E-state index contributed by atoms with van der Waals surface area (Å²) in [5.41, 5.74) is 0.623. The number of rotatable bonds is 3. The topological polar surface area (TPSA) is 88.7 Å². The molecule has 5 heteroatoms. The Morgan fingerprint density at radius 2 is 2.15 bits per heavy atom. The summed E-state index contributed by atoms with van der Waals surface area (Å²) in [5, 5.41) is 24.0. The highest BCUT2D eigenvalue weighted by atomic mass is 16.2. The molecule has 1 aliphatic heterocycles. The van der Waals surface area contributed by atoms with Crippen LogP contribution >= 0.6 is 0 Å². The maximum atomic E-state index is 12.4. The Bertz CT molecular complexity index is 603. The third-order valence-electron chi connectivity index (χ3n) is 3.80. The zero-order chi connectivity index (χ0) is 14.6. The largest absolute Gasteiger partial charge is 0.324 e. The van der Waals surface area contributed by atoms with Gasteiger partial charge in [-0.05, 0) is 44.0 Å². The average Bonchev–Trinajstić information content (AvgIpc) is 2.97. The number of nitrogens with one attached hydrogen (secondary N) is 2. The Hall–Kier alpha value is -2.37. The summed E-state index contributed by atoms with van der Waals surface area (Å²) < 4.78 is 0. The van der Waals surface area contributed by atoms with Gasteiger partial charge in [0.25, 0.3) is 0 Å². The Balaban J connectivity index is 2.20. The van der Waals surface area contributed by atoms with Gasteiger partial charge in [-0.15, -0.1) is 0 Å². The van der Waals surface area contributed by atoms with Crippen LogP contribution in [-0.2, 0) is 4.79 Å². The first-order valence-corrected chi connectivity index (χ1v) is 6.66. The summed E-state index contributed by atoms with van der Waals surface area (Å²) in [5.74, 6) is -0.0777. The van der Waals surface area contributed by atoms with E-state index in [9.17, 15) is 4.79 Å². The van der Waals surface area contributed by atoms with Gasteiger partial charge in [-0.1, -0.05) is 6.92 Å². The number of nitrogens with zero attached hydrogens (tertiary/aromatic N) is 2. The summed E-state index contributed by atoms with van der Waals surface area (Å²) in [6.45, 7) is 2.83. The normalized spacial score (nSPS) is 20.9. The number of benzene rings is 1. The van der Waals surface area contributed by atoms with Crippen molar-refractivity contribution in [3.8, 4) is 12.1 Å². The molecule has 1 saturated heterocycles. The van der Waals surface area contributed by atoms with Crippen LogP contribution in [0.1, 0.15) is 37.3 Å². The van der Waals surface area contributed by atoms with E-state index in [1.165, 1.54) is 6.07 Å². The molecular formula is C15H16N4O. The predicted molar refractivity (Wildman–Crippen MR) is 74.8 cm³/mol. The van der Waals surface area contributed by atoms with Gasteiger partial charge >= 0.3 is 0 Å². The number of nitriles is 2. The molecular weight excluding hydrogens is 252 g/mol. The molecule has 1 aliphatic rings. The fourth-order valence-corrected chi connectivity index (χ4v) is 2.53. The number of carbonyl (C=O) groups is 1. The Morgan fingerprint density at radius 3 is 2.70 bits per heavy atom. The van der Waals surface area contributed by atoms with E-state index >= 15 is 0 Å². The van der Waals surface area contributed by atoms with Crippen LogP contribution in [0.2, 0.25) is 0 Å². The Labute approximate surface area is 118 Å². The maximum absolute atomic E-state index is 12.4. The van der Waals surface area contributed by atoms with Gasteiger partial charge in [-0.25, -0.2) is 0 Å². The molecule has 2 N–H and O–H groups in total. The first-order valence-electron chi connectivity index (χ1n) is 6.66. The molecule has 1 fully saturated rings. The molecule has 1 unspecified atom stereocenters. The molecule has 5 nitrogen and oxygen atoms in total. The van der Waals surface area contributed by atoms with Crippen LogP contribution in [0.3, 0.4) is 0 Å². The SMILES string of the molecule is CCC1(C(=O)Nc2ccc(C#N)c(C#N)c2)CCCN1. The summed E-state index contributed by atoms with van der Waals surface area (Å²) in [7, 11) is 0. The highest BCUT2D eigenvalue weighted by molar-refractivity contribution is 5.98. The van der Waals surface area contributed by atoms with Crippen molar-refractivity contribution in [3.63, 3.8) is 0 Å². The van der Waals surface area contributed by atoms with Crippen molar-refractivity contribution >= 4 is 11.6 Å². The fourth-order valence-electron chi connectivity index (χ4n) is 2.53. The van der Waals surface area contributed by atoms with Crippen molar-refractivity contribution < 1.29 is 4.79 Å². The number of hydrogen-bond acceptors (Lipinski definition) is 4. The average molecular weight is 268 g/mol. The van der Waals surface area contributed by atoms with Crippen molar-refractivity contribution in [2.24, 2.45) is 0 Å². The summed E-state index contributed by atoms with van der Waals surface area (Å²) >= 11 is 0. The first kappa shape index (κ1) is 14.0. The summed E-state index contributed by atoms with van der Waals surface area (Å²) in [6.07, 6.45) is 2.52. The minimum atomic E-state index is -0.513. The van der Waals surface area contributed by atoms with E-state index in [4.69, 9.17) is 10.5 Å². The van der Waals surface area contributed by atoms with Crippen LogP contribution < -0.4 is 10.6 Å². The molecule has 0 aliphatic carbocycles. The number of anilines is 1. The van der Waals surface area contributed by atoms with Crippen LogP contribution in [-0.4, -0.2) is 18.0 Å². The van der Waals surface area contributed by atoms with Gasteiger partial charge in [0.2, 0.25) is 5.91 Å².